The van der Waals surface area contributed by atoms with Crippen LogP contribution < -0.4 is 10.9 Å². The van der Waals surface area contributed by atoms with Crippen LogP contribution in [0.3, 0.4) is 0 Å². The second kappa shape index (κ2) is 7.72. The predicted octanol–water partition coefficient (Wildman–Crippen LogP) is 1.10. The molecule has 0 saturated carbocycles. The molecule has 10 nitrogen and oxygen atoms in total. The number of carbonyl (C=O) groups excluding carboxylic acids is 2. The third kappa shape index (κ3) is 3.83. The van der Waals surface area contributed by atoms with E-state index in [9.17, 15) is 14.4 Å². The van der Waals surface area contributed by atoms with Gasteiger partial charge in [-0.3, -0.25) is 14.4 Å². The number of nitrogens with zero attached hydrogens (tertiary/aromatic N) is 6. The number of carbonyl (C=O) groups is 2. The molecule has 2 amide bonds. The molecule has 3 heterocycles. The number of nitrogens with one attached hydrogen (secondary N) is 1. The Morgan fingerprint density at radius 3 is 2.68 bits per heavy atom. The Bertz CT molecular complexity index is 1070. The molecule has 3 aromatic rings. The fourth-order valence-electron chi connectivity index (χ4n) is 2.39. The molecule has 0 bridgehead atoms. The minimum atomic E-state index is -0.889. The van der Waals surface area contributed by atoms with Crippen molar-refractivity contribution in [1.82, 2.24) is 29.4 Å². The number of hydrogen-bond donors (Lipinski definition) is 1. The molecule has 0 aliphatic heterocycles. The lowest BCUT2D eigenvalue weighted by molar-refractivity contribution is -0.119. The smallest absolute Gasteiger partial charge is 0.267 e. The third-order valence-corrected chi connectivity index (χ3v) is 4.98. The maximum absolute atomic E-state index is 12.6. The van der Waals surface area contributed by atoms with Crippen molar-refractivity contribution in [3.8, 4) is 5.82 Å². The Morgan fingerprint density at radius 2 is 2.04 bits per heavy atom. The van der Waals surface area contributed by atoms with Crippen molar-refractivity contribution in [2.45, 2.75) is 19.9 Å². The Hall–Kier alpha value is -3.34. The monoisotopic (exact) mass is 401 g/mol. The second-order valence-electron chi connectivity index (χ2n) is 6.22. The van der Waals surface area contributed by atoms with E-state index in [2.05, 4.69) is 20.5 Å². The van der Waals surface area contributed by atoms with Crippen LogP contribution in [0.4, 0.5) is 5.13 Å². The van der Waals surface area contributed by atoms with Gasteiger partial charge in [-0.25, -0.2) is 14.3 Å². The summed E-state index contributed by atoms with van der Waals surface area (Å²) in [5.74, 6) is -0.244. The number of hydrogen-bond acceptors (Lipinski definition) is 7. The fourth-order valence-corrected chi connectivity index (χ4v) is 3.38. The summed E-state index contributed by atoms with van der Waals surface area (Å²) in [7, 11) is 3.29. The number of thiazole rings is 1. The van der Waals surface area contributed by atoms with E-state index < -0.39 is 17.5 Å². The molecular weight excluding hydrogens is 382 g/mol. The van der Waals surface area contributed by atoms with E-state index in [0.717, 1.165) is 16.0 Å². The highest BCUT2D eigenvalue weighted by molar-refractivity contribution is 7.17. The first kappa shape index (κ1) is 19.4. The summed E-state index contributed by atoms with van der Waals surface area (Å²) in [5.41, 5.74) is 0.111. The first-order chi connectivity index (χ1) is 13.3. The molecule has 1 N–H and O–H groups in total. The normalized spacial score (nSPS) is 11.9. The fraction of sp³-hybridized carbons (Fsp3) is 0.294. The van der Waals surface area contributed by atoms with Crippen LogP contribution in [-0.2, 0) is 4.79 Å². The average molecular weight is 401 g/mol. The molecule has 1 atom stereocenters. The molecule has 3 rings (SSSR count). The number of rotatable bonds is 5. The molecule has 1 unspecified atom stereocenters. The summed E-state index contributed by atoms with van der Waals surface area (Å²) in [6.45, 7) is 3.26. The summed E-state index contributed by atoms with van der Waals surface area (Å²) in [6, 6.07) is 3.69. The van der Waals surface area contributed by atoms with Crippen molar-refractivity contribution in [3.63, 3.8) is 0 Å². The molecular formula is C17H19N7O3S. The van der Waals surface area contributed by atoms with Gasteiger partial charge in [0.2, 0.25) is 0 Å². The molecule has 11 heteroatoms. The minimum absolute atomic E-state index is 0.187. The van der Waals surface area contributed by atoms with Gasteiger partial charge in [0.1, 0.15) is 10.9 Å². The molecule has 28 heavy (non-hydrogen) atoms. The van der Waals surface area contributed by atoms with Gasteiger partial charge in [0.05, 0.1) is 5.69 Å². The molecule has 0 saturated heterocycles. The Balaban J connectivity index is 1.82. The second-order valence-corrected chi connectivity index (χ2v) is 7.22. The van der Waals surface area contributed by atoms with E-state index >= 15 is 0 Å². The molecule has 0 spiro atoms. The molecule has 146 valence electrons. The van der Waals surface area contributed by atoms with Gasteiger partial charge in [0.25, 0.3) is 17.4 Å². The molecule has 0 aromatic carbocycles. The van der Waals surface area contributed by atoms with Crippen molar-refractivity contribution in [2.24, 2.45) is 0 Å². The first-order valence-corrected chi connectivity index (χ1v) is 9.19. The number of aryl methyl sites for hydroxylation is 1. The van der Waals surface area contributed by atoms with Crippen molar-refractivity contribution in [3.05, 3.63) is 51.5 Å². The van der Waals surface area contributed by atoms with Crippen LogP contribution in [0.15, 0.2) is 35.4 Å². The first-order valence-electron chi connectivity index (χ1n) is 8.37. The van der Waals surface area contributed by atoms with E-state index in [4.69, 9.17) is 0 Å². The summed E-state index contributed by atoms with van der Waals surface area (Å²) >= 11 is 1.09. The minimum Gasteiger partial charge on any atom is -0.344 e. The molecule has 0 radical (unpaired) electrons. The summed E-state index contributed by atoms with van der Waals surface area (Å²) < 4.78 is 2.57. The highest BCUT2D eigenvalue weighted by Gasteiger charge is 2.22. The SMILES string of the molecule is Cc1nc(NC(=O)C(C)n2nc(-n3cccn3)ccc2=O)sc1C(=O)N(C)C. The van der Waals surface area contributed by atoms with E-state index in [1.165, 1.54) is 21.7 Å². The van der Waals surface area contributed by atoms with Gasteiger partial charge in [0, 0.05) is 32.6 Å². The zero-order chi connectivity index (χ0) is 20.4. The van der Waals surface area contributed by atoms with Crippen LogP contribution in [0.1, 0.15) is 28.3 Å². The Morgan fingerprint density at radius 1 is 1.29 bits per heavy atom. The van der Waals surface area contributed by atoms with Gasteiger partial charge in [-0.15, -0.1) is 5.10 Å². The maximum Gasteiger partial charge on any atom is 0.267 e. The largest absolute Gasteiger partial charge is 0.344 e. The number of anilines is 1. The van der Waals surface area contributed by atoms with E-state index in [1.54, 1.807) is 46.4 Å². The zero-order valence-corrected chi connectivity index (χ0v) is 16.6. The predicted molar refractivity (Wildman–Crippen MR) is 104 cm³/mol. The van der Waals surface area contributed by atoms with Crippen molar-refractivity contribution in [1.29, 1.82) is 0 Å². The summed E-state index contributed by atoms with van der Waals surface area (Å²) in [4.78, 5) is 43.1. The van der Waals surface area contributed by atoms with Gasteiger partial charge in [0.15, 0.2) is 10.9 Å². The standard InChI is InChI=1S/C17H19N7O3S/c1-10-14(16(27)22(3)4)28-17(19-10)20-15(26)11(2)24-13(25)7-6-12(21-24)23-9-5-8-18-23/h5-9,11H,1-4H3,(H,19,20,26). The average Bonchev–Trinajstić information content (AvgIpc) is 3.30. The van der Waals surface area contributed by atoms with Crippen LogP contribution in [0.25, 0.3) is 5.82 Å². The lowest BCUT2D eigenvalue weighted by atomic mass is 10.3. The topological polar surface area (TPSA) is 115 Å². The van der Waals surface area contributed by atoms with Crippen LogP contribution in [0.2, 0.25) is 0 Å². The van der Waals surface area contributed by atoms with Crippen LogP contribution in [-0.4, -0.2) is 55.4 Å². The number of aromatic nitrogens is 5. The van der Waals surface area contributed by atoms with Gasteiger partial charge in [-0.1, -0.05) is 11.3 Å². The summed E-state index contributed by atoms with van der Waals surface area (Å²) in [6.07, 6.45) is 3.27. The summed E-state index contributed by atoms with van der Waals surface area (Å²) in [5, 5.41) is 11.2. The molecule has 0 fully saturated rings. The highest BCUT2D eigenvalue weighted by Crippen LogP contribution is 2.24. The van der Waals surface area contributed by atoms with E-state index in [1.807, 2.05) is 0 Å². The number of amides is 2. The maximum atomic E-state index is 12.6. The van der Waals surface area contributed by atoms with Gasteiger partial charge in [-0.05, 0) is 26.0 Å². The highest BCUT2D eigenvalue weighted by atomic mass is 32.1. The van der Waals surface area contributed by atoms with Gasteiger partial charge in [-0.2, -0.15) is 5.10 Å². The van der Waals surface area contributed by atoms with E-state index in [0.29, 0.717) is 16.4 Å². The van der Waals surface area contributed by atoms with Crippen LogP contribution in [0.5, 0.6) is 0 Å². The van der Waals surface area contributed by atoms with Gasteiger partial charge >= 0.3 is 0 Å². The van der Waals surface area contributed by atoms with Crippen molar-refractivity contribution in [2.75, 3.05) is 19.4 Å². The lowest BCUT2D eigenvalue weighted by Gasteiger charge is -2.13. The van der Waals surface area contributed by atoms with E-state index in [-0.39, 0.29) is 11.0 Å². The Kier molecular flexibility index (Phi) is 5.36. The molecule has 0 aliphatic rings. The quantitative estimate of drug-likeness (QED) is 0.684. The van der Waals surface area contributed by atoms with Crippen LogP contribution >= 0.6 is 11.3 Å². The van der Waals surface area contributed by atoms with Crippen molar-refractivity contribution >= 4 is 28.3 Å². The molecule has 3 aromatic heterocycles. The molecule has 0 aliphatic carbocycles. The van der Waals surface area contributed by atoms with Gasteiger partial charge < -0.3 is 10.2 Å². The van der Waals surface area contributed by atoms with Crippen molar-refractivity contribution < 1.29 is 9.59 Å². The van der Waals surface area contributed by atoms with Crippen LogP contribution in [0, 0.1) is 6.92 Å². The Labute approximate surface area is 164 Å². The zero-order valence-electron chi connectivity index (χ0n) is 15.8. The third-order valence-electron chi connectivity index (χ3n) is 3.92. The lowest BCUT2D eigenvalue weighted by Crippen LogP contribution is -2.33.